The van der Waals surface area contributed by atoms with Gasteiger partial charge in [-0.25, -0.2) is 9.78 Å². The molecule has 7 heteroatoms. The van der Waals surface area contributed by atoms with Gasteiger partial charge in [0.05, 0.1) is 13.7 Å². The van der Waals surface area contributed by atoms with Crippen molar-refractivity contribution >= 4 is 22.7 Å². The van der Waals surface area contributed by atoms with Gasteiger partial charge in [-0.1, -0.05) is 18.2 Å². The molecule has 0 atom stereocenters. The molecule has 1 aromatic carbocycles. The lowest BCUT2D eigenvalue weighted by Gasteiger charge is -2.18. The van der Waals surface area contributed by atoms with Crippen molar-refractivity contribution in [2.45, 2.75) is 13.5 Å². The first-order valence-corrected chi connectivity index (χ1v) is 6.82. The third-order valence-electron chi connectivity index (χ3n) is 2.69. The van der Waals surface area contributed by atoms with Crippen LogP contribution in [-0.4, -0.2) is 34.4 Å². The number of nitrogens with zero attached hydrogens (tertiary/aromatic N) is 3. The fraction of sp³-hybridized carbons (Fsp3) is 0.308. The Bertz CT molecular complexity index is 600. The molecule has 1 N–H and O–H groups in total. The number of benzene rings is 1. The minimum atomic E-state index is -0.230. The van der Waals surface area contributed by atoms with Gasteiger partial charge in [-0.15, -0.1) is 0 Å². The second-order valence-corrected chi connectivity index (χ2v) is 5.00. The molecule has 0 aliphatic carbocycles. The number of carbonyl (C=O) groups is 1. The number of methoxy groups -OCH3 is 1. The zero-order valence-electron chi connectivity index (χ0n) is 11.6. The van der Waals surface area contributed by atoms with Gasteiger partial charge in [0.2, 0.25) is 5.13 Å². The molecule has 6 nitrogen and oxygen atoms in total. The van der Waals surface area contributed by atoms with Crippen LogP contribution in [0.5, 0.6) is 5.75 Å². The van der Waals surface area contributed by atoms with Crippen molar-refractivity contribution in [2.75, 3.05) is 19.5 Å². The minimum absolute atomic E-state index is 0.230. The number of anilines is 1. The molecule has 0 unspecified atom stereocenters. The number of carbonyl (C=O) groups excluding carboxylic acids is 1. The Morgan fingerprint density at radius 2 is 2.20 bits per heavy atom. The van der Waals surface area contributed by atoms with Gasteiger partial charge in [0.15, 0.2) is 0 Å². The van der Waals surface area contributed by atoms with Gasteiger partial charge in [-0.3, -0.25) is 5.32 Å². The van der Waals surface area contributed by atoms with Crippen LogP contribution in [0.3, 0.4) is 0 Å². The first-order chi connectivity index (χ1) is 9.60. The molecule has 0 aliphatic heterocycles. The average Bonchev–Trinajstić information content (AvgIpc) is 2.84. The number of nitrogens with one attached hydrogen (secondary N) is 1. The van der Waals surface area contributed by atoms with E-state index in [0.29, 0.717) is 17.5 Å². The molecular weight excluding hydrogens is 276 g/mol. The Kier molecular flexibility index (Phi) is 4.52. The summed E-state index contributed by atoms with van der Waals surface area (Å²) < 4.78 is 9.29. The van der Waals surface area contributed by atoms with E-state index in [0.717, 1.165) is 22.8 Å². The summed E-state index contributed by atoms with van der Waals surface area (Å²) in [5.41, 5.74) is 0.945. The molecule has 1 heterocycles. The van der Waals surface area contributed by atoms with Gasteiger partial charge in [0.1, 0.15) is 11.6 Å². The maximum atomic E-state index is 12.0. The molecule has 0 aliphatic rings. The summed E-state index contributed by atoms with van der Waals surface area (Å²) in [5.74, 6) is 1.41. The van der Waals surface area contributed by atoms with Crippen LogP contribution in [0, 0.1) is 6.92 Å². The molecule has 2 rings (SSSR count). The number of hydrogen-bond donors (Lipinski definition) is 1. The van der Waals surface area contributed by atoms with E-state index in [1.807, 2.05) is 24.3 Å². The van der Waals surface area contributed by atoms with E-state index in [2.05, 4.69) is 14.7 Å². The van der Waals surface area contributed by atoms with Crippen LogP contribution in [0.1, 0.15) is 11.4 Å². The summed E-state index contributed by atoms with van der Waals surface area (Å²) >= 11 is 1.16. The molecule has 0 radical (unpaired) electrons. The van der Waals surface area contributed by atoms with Crippen molar-refractivity contribution in [1.82, 2.24) is 14.3 Å². The summed E-state index contributed by atoms with van der Waals surface area (Å²) in [6, 6.07) is 7.38. The van der Waals surface area contributed by atoms with Crippen molar-refractivity contribution in [2.24, 2.45) is 0 Å². The number of ether oxygens (including phenoxy) is 1. The standard InChI is InChI=1S/C13H16N4O2S/c1-9-14-12(20-16-9)15-13(18)17(2)8-10-6-4-5-7-11(10)19-3/h4-7H,8H2,1-3H3,(H,14,15,16,18). The highest BCUT2D eigenvalue weighted by Crippen LogP contribution is 2.19. The zero-order chi connectivity index (χ0) is 14.5. The lowest BCUT2D eigenvalue weighted by molar-refractivity contribution is 0.220. The smallest absolute Gasteiger partial charge is 0.323 e. The van der Waals surface area contributed by atoms with E-state index in [-0.39, 0.29) is 6.03 Å². The molecule has 1 aromatic heterocycles. The molecule has 0 fully saturated rings. The van der Waals surface area contributed by atoms with Crippen molar-refractivity contribution in [3.8, 4) is 5.75 Å². The number of urea groups is 1. The van der Waals surface area contributed by atoms with Crippen LogP contribution in [0.2, 0.25) is 0 Å². The Labute approximate surface area is 121 Å². The van der Waals surface area contributed by atoms with Gasteiger partial charge in [-0.2, -0.15) is 4.37 Å². The van der Waals surface area contributed by atoms with Gasteiger partial charge in [0.25, 0.3) is 0 Å². The first-order valence-electron chi connectivity index (χ1n) is 6.04. The number of amides is 2. The van der Waals surface area contributed by atoms with E-state index in [1.54, 1.807) is 26.0 Å². The highest BCUT2D eigenvalue weighted by molar-refractivity contribution is 7.09. The second kappa shape index (κ2) is 6.33. The molecule has 106 valence electrons. The predicted molar refractivity (Wildman–Crippen MR) is 78.1 cm³/mol. The quantitative estimate of drug-likeness (QED) is 0.940. The van der Waals surface area contributed by atoms with Crippen LogP contribution in [-0.2, 0) is 6.54 Å². The summed E-state index contributed by atoms with van der Waals surface area (Å²) in [6.07, 6.45) is 0. The molecular formula is C13H16N4O2S. The maximum absolute atomic E-state index is 12.0. The van der Waals surface area contributed by atoms with Gasteiger partial charge >= 0.3 is 6.03 Å². The number of hydrogen-bond acceptors (Lipinski definition) is 5. The number of rotatable bonds is 4. The topological polar surface area (TPSA) is 67.3 Å². The molecule has 0 spiro atoms. The summed E-state index contributed by atoms with van der Waals surface area (Å²) in [4.78, 5) is 17.7. The van der Waals surface area contributed by atoms with E-state index >= 15 is 0 Å². The molecule has 2 amide bonds. The van der Waals surface area contributed by atoms with Gasteiger partial charge < -0.3 is 9.64 Å². The average molecular weight is 292 g/mol. The van der Waals surface area contributed by atoms with Crippen LogP contribution in [0.15, 0.2) is 24.3 Å². The summed E-state index contributed by atoms with van der Waals surface area (Å²) in [6.45, 7) is 2.23. The van der Waals surface area contributed by atoms with E-state index in [1.165, 1.54) is 0 Å². The van der Waals surface area contributed by atoms with E-state index in [9.17, 15) is 4.79 Å². The maximum Gasteiger partial charge on any atom is 0.323 e. The monoisotopic (exact) mass is 292 g/mol. The largest absolute Gasteiger partial charge is 0.496 e. The molecule has 0 saturated carbocycles. The van der Waals surface area contributed by atoms with Crippen LogP contribution in [0.4, 0.5) is 9.93 Å². The minimum Gasteiger partial charge on any atom is -0.496 e. The predicted octanol–water partition coefficient (Wildman–Crippen LogP) is 2.52. The van der Waals surface area contributed by atoms with Crippen molar-refractivity contribution in [3.63, 3.8) is 0 Å². The van der Waals surface area contributed by atoms with E-state index in [4.69, 9.17) is 4.74 Å². The van der Waals surface area contributed by atoms with Gasteiger partial charge in [-0.05, 0) is 13.0 Å². The normalized spacial score (nSPS) is 10.2. The molecule has 20 heavy (non-hydrogen) atoms. The number of aromatic nitrogens is 2. The Balaban J connectivity index is 2.00. The van der Waals surface area contributed by atoms with Crippen LogP contribution >= 0.6 is 11.5 Å². The van der Waals surface area contributed by atoms with Crippen LogP contribution < -0.4 is 10.1 Å². The molecule has 0 bridgehead atoms. The second-order valence-electron chi connectivity index (χ2n) is 4.24. The highest BCUT2D eigenvalue weighted by Gasteiger charge is 2.13. The number of para-hydroxylation sites is 1. The number of aryl methyl sites for hydroxylation is 1. The Morgan fingerprint density at radius 3 is 2.85 bits per heavy atom. The highest BCUT2D eigenvalue weighted by atomic mass is 32.1. The van der Waals surface area contributed by atoms with Crippen molar-refractivity contribution in [1.29, 1.82) is 0 Å². The summed E-state index contributed by atoms with van der Waals surface area (Å²) in [5, 5.41) is 3.21. The Hall–Kier alpha value is -2.15. The lowest BCUT2D eigenvalue weighted by atomic mass is 10.2. The lowest BCUT2D eigenvalue weighted by Crippen LogP contribution is -2.30. The van der Waals surface area contributed by atoms with E-state index < -0.39 is 0 Å². The molecule has 2 aromatic rings. The third-order valence-corrected chi connectivity index (χ3v) is 3.41. The Morgan fingerprint density at radius 1 is 1.45 bits per heavy atom. The first kappa shape index (κ1) is 14.3. The molecule has 0 saturated heterocycles. The van der Waals surface area contributed by atoms with Crippen molar-refractivity contribution in [3.05, 3.63) is 35.7 Å². The fourth-order valence-corrected chi connectivity index (χ4v) is 2.26. The van der Waals surface area contributed by atoms with Crippen LogP contribution in [0.25, 0.3) is 0 Å². The van der Waals surface area contributed by atoms with Crippen molar-refractivity contribution < 1.29 is 9.53 Å². The summed E-state index contributed by atoms with van der Waals surface area (Å²) in [7, 11) is 3.33. The SMILES string of the molecule is COc1ccccc1CN(C)C(=O)Nc1nc(C)ns1. The zero-order valence-corrected chi connectivity index (χ0v) is 12.4. The van der Waals surface area contributed by atoms with Gasteiger partial charge in [0, 0.05) is 24.1 Å². The third kappa shape index (κ3) is 3.45. The fourth-order valence-electron chi connectivity index (χ4n) is 1.70.